The number of phenols is 1. The minimum Gasteiger partial charge on any atom is -0.508 e. The Labute approximate surface area is 102 Å². The van der Waals surface area contributed by atoms with Gasteiger partial charge in [-0.05, 0) is 31.5 Å². The molecule has 0 aliphatic carbocycles. The van der Waals surface area contributed by atoms with E-state index in [2.05, 4.69) is 0 Å². The molecule has 3 heteroatoms. The third-order valence-electron chi connectivity index (χ3n) is 2.44. The highest BCUT2D eigenvalue weighted by Crippen LogP contribution is 2.23. The zero-order valence-electron chi connectivity index (χ0n) is 10.2. The van der Waals surface area contributed by atoms with Crippen molar-refractivity contribution in [3.8, 4) is 5.75 Å². The van der Waals surface area contributed by atoms with Gasteiger partial charge in [0.05, 0.1) is 13.0 Å². The summed E-state index contributed by atoms with van der Waals surface area (Å²) in [6, 6.07) is 6.88. The summed E-state index contributed by atoms with van der Waals surface area (Å²) < 4.78 is 4.94. The molecule has 0 amide bonds. The van der Waals surface area contributed by atoms with Crippen molar-refractivity contribution in [3.05, 3.63) is 42.0 Å². The molecule has 1 aromatic rings. The van der Waals surface area contributed by atoms with E-state index in [1.165, 1.54) is 0 Å². The van der Waals surface area contributed by atoms with Crippen LogP contribution in [-0.2, 0) is 9.53 Å². The highest BCUT2D eigenvalue weighted by molar-refractivity contribution is 5.71. The van der Waals surface area contributed by atoms with Gasteiger partial charge in [-0.1, -0.05) is 24.3 Å². The van der Waals surface area contributed by atoms with E-state index >= 15 is 0 Å². The Morgan fingerprint density at radius 2 is 2.06 bits per heavy atom. The fourth-order valence-electron chi connectivity index (χ4n) is 1.65. The van der Waals surface area contributed by atoms with Crippen LogP contribution in [-0.4, -0.2) is 17.7 Å². The van der Waals surface area contributed by atoms with E-state index in [-0.39, 0.29) is 17.6 Å². The van der Waals surface area contributed by atoms with E-state index in [9.17, 15) is 9.90 Å². The number of carbonyl (C=O) groups is 1. The highest BCUT2D eigenvalue weighted by Gasteiger charge is 2.13. The number of allylic oxidation sites excluding steroid dienone is 2. The third kappa shape index (κ3) is 4.31. The number of benzene rings is 1. The number of hydrogen-bond donors (Lipinski definition) is 1. The molecule has 1 N–H and O–H groups in total. The monoisotopic (exact) mass is 234 g/mol. The molecular weight excluding hydrogens is 216 g/mol. The fraction of sp³-hybridized carbons (Fsp3) is 0.357. The number of hydrogen-bond acceptors (Lipinski definition) is 3. The maximum atomic E-state index is 11.5. The smallest absolute Gasteiger partial charge is 0.306 e. The average molecular weight is 234 g/mol. The number of phenolic OH excluding ortho intramolecular Hbond substituents is 1. The zero-order chi connectivity index (χ0) is 12.7. The maximum Gasteiger partial charge on any atom is 0.306 e. The van der Waals surface area contributed by atoms with Gasteiger partial charge in [-0.3, -0.25) is 4.79 Å². The number of aromatic hydroxyl groups is 1. The van der Waals surface area contributed by atoms with Gasteiger partial charge in [-0.25, -0.2) is 0 Å². The Morgan fingerprint density at radius 1 is 1.41 bits per heavy atom. The van der Waals surface area contributed by atoms with Crippen LogP contribution in [0.3, 0.4) is 0 Å². The van der Waals surface area contributed by atoms with Crippen LogP contribution in [0, 0.1) is 0 Å². The van der Waals surface area contributed by atoms with Gasteiger partial charge in [0.15, 0.2) is 0 Å². The molecule has 1 atom stereocenters. The van der Waals surface area contributed by atoms with Crippen molar-refractivity contribution in [3.63, 3.8) is 0 Å². The lowest BCUT2D eigenvalue weighted by atomic mass is 9.95. The van der Waals surface area contributed by atoms with Gasteiger partial charge in [-0.15, -0.1) is 0 Å². The largest absolute Gasteiger partial charge is 0.508 e. The topological polar surface area (TPSA) is 46.5 Å². The SMILES string of the molecule is CC=C[C@@H](CC(=O)OCC)c1ccc(O)cc1. The lowest BCUT2D eigenvalue weighted by molar-refractivity contribution is -0.143. The molecule has 0 bridgehead atoms. The second kappa shape index (κ2) is 6.74. The van der Waals surface area contributed by atoms with Crippen molar-refractivity contribution in [1.29, 1.82) is 0 Å². The van der Waals surface area contributed by atoms with Gasteiger partial charge in [-0.2, -0.15) is 0 Å². The number of rotatable bonds is 5. The zero-order valence-corrected chi connectivity index (χ0v) is 10.2. The molecule has 0 unspecified atom stereocenters. The minimum atomic E-state index is -0.205. The van der Waals surface area contributed by atoms with Gasteiger partial charge < -0.3 is 9.84 Å². The molecule has 3 nitrogen and oxygen atoms in total. The van der Waals surface area contributed by atoms with Gasteiger partial charge in [0, 0.05) is 5.92 Å². The third-order valence-corrected chi connectivity index (χ3v) is 2.44. The Hall–Kier alpha value is -1.77. The molecule has 1 aromatic carbocycles. The highest BCUT2D eigenvalue weighted by atomic mass is 16.5. The van der Waals surface area contributed by atoms with E-state index < -0.39 is 0 Å². The van der Waals surface area contributed by atoms with Gasteiger partial charge in [0.2, 0.25) is 0 Å². The van der Waals surface area contributed by atoms with E-state index in [4.69, 9.17) is 4.74 Å². The summed E-state index contributed by atoms with van der Waals surface area (Å²) >= 11 is 0. The van der Waals surface area contributed by atoms with Crippen LogP contribution in [0.15, 0.2) is 36.4 Å². The first-order valence-corrected chi connectivity index (χ1v) is 5.74. The Morgan fingerprint density at radius 3 is 2.59 bits per heavy atom. The average Bonchev–Trinajstić information content (AvgIpc) is 2.30. The van der Waals surface area contributed by atoms with Crippen molar-refractivity contribution in [2.24, 2.45) is 0 Å². The van der Waals surface area contributed by atoms with Crippen LogP contribution < -0.4 is 0 Å². The summed E-state index contributed by atoms with van der Waals surface area (Å²) in [6.07, 6.45) is 4.20. The molecule has 0 fully saturated rings. The molecule has 0 saturated heterocycles. The quantitative estimate of drug-likeness (QED) is 0.629. The molecule has 0 spiro atoms. The summed E-state index contributed by atoms with van der Waals surface area (Å²) in [5.74, 6) is 0.0208. The first-order valence-electron chi connectivity index (χ1n) is 5.74. The normalized spacial score (nSPS) is 12.6. The first kappa shape index (κ1) is 13.3. The van der Waals surface area contributed by atoms with Crippen molar-refractivity contribution in [2.75, 3.05) is 6.61 Å². The summed E-state index contributed by atoms with van der Waals surface area (Å²) in [5, 5.41) is 9.22. The predicted octanol–water partition coefficient (Wildman–Crippen LogP) is 3.01. The van der Waals surface area contributed by atoms with E-state index in [1.807, 2.05) is 31.2 Å². The van der Waals surface area contributed by atoms with Crippen LogP contribution in [0.25, 0.3) is 0 Å². The summed E-state index contributed by atoms with van der Waals surface area (Å²) in [4.78, 5) is 11.5. The second-order valence-electron chi connectivity index (χ2n) is 3.73. The standard InChI is InChI=1S/C14H18O3/c1-3-5-12(10-14(16)17-4-2)11-6-8-13(15)9-7-11/h3,5-9,12,15H,4,10H2,1-2H3/t12-/m0/s1. The molecule has 0 radical (unpaired) electrons. The Bertz CT molecular complexity index is 379. The molecule has 0 heterocycles. The fourth-order valence-corrected chi connectivity index (χ4v) is 1.65. The maximum absolute atomic E-state index is 11.5. The van der Waals surface area contributed by atoms with E-state index in [0.717, 1.165) is 5.56 Å². The predicted molar refractivity (Wildman–Crippen MR) is 66.9 cm³/mol. The molecule has 0 saturated carbocycles. The van der Waals surface area contributed by atoms with Crippen LogP contribution in [0.2, 0.25) is 0 Å². The lowest BCUT2D eigenvalue weighted by Gasteiger charge is -2.12. The van der Waals surface area contributed by atoms with E-state index in [1.54, 1.807) is 19.1 Å². The molecular formula is C14H18O3. The number of ether oxygens (including phenoxy) is 1. The van der Waals surface area contributed by atoms with Gasteiger partial charge in [0.1, 0.15) is 5.75 Å². The van der Waals surface area contributed by atoms with E-state index in [0.29, 0.717) is 13.0 Å². The van der Waals surface area contributed by atoms with Crippen molar-refractivity contribution < 1.29 is 14.6 Å². The van der Waals surface area contributed by atoms with Crippen LogP contribution >= 0.6 is 0 Å². The molecule has 17 heavy (non-hydrogen) atoms. The number of esters is 1. The van der Waals surface area contributed by atoms with Gasteiger partial charge >= 0.3 is 5.97 Å². The molecule has 0 aliphatic rings. The molecule has 1 rings (SSSR count). The van der Waals surface area contributed by atoms with Crippen molar-refractivity contribution >= 4 is 5.97 Å². The Balaban J connectivity index is 2.78. The lowest BCUT2D eigenvalue weighted by Crippen LogP contribution is -2.09. The molecule has 0 aliphatic heterocycles. The van der Waals surface area contributed by atoms with Crippen molar-refractivity contribution in [2.45, 2.75) is 26.2 Å². The van der Waals surface area contributed by atoms with Crippen LogP contribution in [0.5, 0.6) is 5.75 Å². The molecule has 92 valence electrons. The van der Waals surface area contributed by atoms with Crippen molar-refractivity contribution in [1.82, 2.24) is 0 Å². The summed E-state index contributed by atoms with van der Waals surface area (Å²) in [7, 11) is 0. The second-order valence-corrected chi connectivity index (χ2v) is 3.73. The Kier molecular flexibility index (Phi) is 5.27. The molecule has 0 aromatic heterocycles. The van der Waals surface area contributed by atoms with Crippen LogP contribution in [0.1, 0.15) is 31.7 Å². The first-order chi connectivity index (χ1) is 8.17. The van der Waals surface area contributed by atoms with Gasteiger partial charge in [0.25, 0.3) is 0 Å². The van der Waals surface area contributed by atoms with Crippen LogP contribution in [0.4, 0.5) is 0 Å². The number of carbonyl (C=O) groups excluding carboxylic acids is 1. The summed E-state index contributed by atoms with van der Waals surface area (Å²) in [6.45, 7) is 4.11. The summed E-state index contributed by atoms with van der Waals surface area (Å²) in [5.41, 5.74) is 0.994. The minimum absolute atomic E-state index is 0.000324.